The standard InChI is InChI=1S/C13H17N3O2S/c1-10(17)11-3-2-4-12(9-11)14-13(19)15-16-5-7-18-8-6-16/h2-4,9H,5-8H2,1H3,(H2,14,15,19). The second kappa shape index (κ2) is 6.60. The van der Waals surface area contributed by atoms with E-state index in [0.29, 0.717) is 23.9 Å². The Morgan fingerprint density at radius 2 is 2.11 bits per heavy atom. The van der Waals surface area contributed by atoms with E-state index in [1.54, 1.807) is 19.1 Å². The zero-order valence-corrected chi connectivity index (χ0v) is 11.6. The summed E-state index contributed by atoms with van der Waals surface area (Å²) >= 11 is 5.24. The van der Waals surface area contributed by atoms with Crippen LogP contribution in [0.5, 0.6) is 0 Å². The third-order valence-electron chi connectivity index (χ3n) is 2.80. The van der Waals surface area contributed by atoms with Gasteiger partial charge in [0.1, 0.15) is 0 Å². The minimum absolute atomic E-state index is 0.0377. The molecule has 0 atom stereocenters. The van der Waals surface area contributed by atoms with Gasteiger partial charge in [-0.15, -0.1) is 0 Å². The van der Waals surface area contributed by atoms with E-state index in [9.17, 15) is 4.79 Å². The van der Waals surface area contributed by atoms with Crippen LogP contribution in [-0.2, 0) is 4.74 Å². The van der Waals surface area contributed by atoms with Crippen LogP contribution in [0.3, 0.4) is 0 Å². The van der Waals surface area contributed by atoms with Gasteiger partial charge < -0.3 is 10.1 Å². The maximum atomic E-state index is 11.3. The molecule has 1 aromatic rings. The third kappa shape index (κ3) is 4.27. The predicted octanol–water partition coefficient (Wildman–Crippen LogP) is 1.42. The Kier molecular flexibility index (Phi) is 4.84. The molecular formula is C13H17N3O2S. The Bertz CT molecular complexity index is 473. The average molecular weight is 279 g/mol. The first-order valence-electron chi connectivity index (χ1n) is 6.16. The van der Waals surface area contributed by atoms with E-state index in [0.717, 1.165) is 18.8 Å². The number of ether oxygens (including phenoxy) is 1. The molecule has 1 saturated heterocycles. The lowest BCUT2D eigenvalue weighted by molar-refractivity contribution is 0.0252. The first kappa shape index (κ1) is 13.9. The normalized spacial score (nSPS) is 15.8. The van der Waals surface area contributed by atoms with E-state index in [2.05, 4.69) is 10.7 Å². The Morgan fingerprint density at radius 1 is 1.37 bits per heavy atom. The summed E-state index contributed by atoms with van der Waals surface area (Å²) in [6, 6.07) is 7.28. The van der Waals surface area contributed by atoms with Gasteiger partial charge in [-0.2, -0.15) is 0 Å². The molecule has 0 unspecified atom stereocenters. The molecule has 2 N–H and O–H groups in total. The summed E-state index contributed by atoms with van der Waals surface area (Å²) in [7, 11) is 0. The van der Waals surface area contributed by atoms with Crippen LogP contribution in [0.15, 0.2) is 24.3 Å². The fraction of sp³-hybridized carbons (Fsp3) is 0.385. The lowest BCUT2D eigenvalue weighted by atomic mass is 10.1. The lowest BCUT2D eigenvalue weighted by Crippen LogP contribution is -2.49. The Hall–Kier alpha value is -1.50. The number of nitrogens with one attached hydrogen (secondary N) is 2. The molecule has 19 heavy (non-hydrogen) atoms. The topological polar surface area (TPSA) is 53.6 Å². The van der Waals surface area contributed by atoms with Gasteiger partial charge in [-0.1, -0.05) is 12.1 Å². The van der Waals surface area contributed by atoms with Gasteiger partial charge in [0.25, 0.3) is 0 Å². The largest absolute Gasteiger partial charge is 0.379 e. The van der Waals surface area contributed by atoms with Gasteiger partial charge >= 0.3 is 0 Å². The van der Waals surface area contributed by atoms with E-state index in [1.807, 2.05) is 17.1 Å². The number of rotatable bonds is 3. The highest BCUT2D eigenvalue weighted by Crippen LogP contribution is 2.11. The molecule has 0 aromatic heterocycles. The number of anilines is 1. The Labute approximate surface area is 117 Å². The van der Waals surface area contributed by atoms with Crippen molar-refractivity contribution >= 4 is 28.8 Å². The molecule has 2 rings (SSSR count). The summed E-state index contributed by atoms with van der Waals surface area (Å²) in [5, 5.41) is 5.59. The number of hydrogen-bond donors (Lipinski definition) is 2. The van der Waals surface area contributed by atoms with Crippen molar-refractivity contribution in [1.29, 1.82) is 0 Å². The summed E-state index contributed by atoms with van der Waals surface area (Å²) in [5.74, 6) is 0.0377. The van der Waals surface area contributed by atoms with Gasteiger partial charge in [0, 0.05) is 24.3 Å². The number of benzene rings is 1. The molecule has 0 aliphatic carbocycles. The summed E-state index contributed by atoms with van der Waals surface area (Å²) in [6.07, 6.45) is 0. The van der Waals surface area contributed by atoms with Crippen molar-refractivity contribution in [2.45, 2.75) is 6.92 Å². The highest BCUT2D eigenvalue weighted by Gasteiger charge is 2.11. The van der Waals surface area contributed by atoms with Crippen molar-refractivity contribution in [1.82, 2.24) is 10.4 Å². The summed E-state index contributed by atoms with van der Waals surface area (Å²) in [4.78, 5) is 11.3. The number of ketones is 1. The maximum absolute atomic E-state index is 11.3. The molecule has 0 saturated carbocycles. The van der Waals surface area contributed by atoms with Crippen LogP contribution >= 0.6 is 12.2 Å². The molecule has 0 amide bonds. The van der Waals surface area contributed by atoms with Crippen LogP contribution in [0.1, 0.15) is 17.3 Å². The van der Waals surface area contributed by atoms with Crippen LogP contribution in [0, 0.1) is 0 Å². The number of carbonyl (C=O) groups is 1. The second-order valence-corrected chi connectivity index (χ2v) is 4.71. The number of Topliss-reactive ketones (excluding diaryl/α,β-unsaturated/α-hetero) is 1. The molecule has 1 aliphatic heterocycles. The van der Waals surface area contributed by atoms with Crippen LogP contribution in [0.2, 0.25) is 0 Å². The molecule has 0 spiro atoms. The number of hydrazine groups is 1. The zero-order chi connectivity index (χ0) is 13.7. The van der Waals surface area contributed by atoms with Crippen molar-refractivity contribution in [3.8, 4) is 0 Å². The number of thiocarbonyl (C=S) groups is 1. The second-order valence-electron chi connectivity index (χ2n) is 4.30. The van der Waals surface area contributed by atoms with Crippen LogP contribution in [0.25, 0.3) is 0 Å². The maximum Gasteiger partial charge on any atom is 0.185 e. The molecule has 5 nitrogen and oxygen atoms in total. The molecule has 1 fully saturated rings. The molecule has 1 aliphatic rings. The molecule has 0 bridgehead atoms. The molecule has 6 heteroatoms. The van der Waals surface area contributed by atoms with E-state index < -0.39 is 0 Å². The fourth-order valence-electron chi connectivity index (χ4n) is 1.79. The van der Waals surface area contributed by atoms with Crippen molar-refractivity contribution in [3.05, 3.63) is 29.8 Å². The minimum Gasteiger partial charge on any atom is -0.379 e. The molecule has 0 radical (unpaired) electrons. The van der Waals surface area contributed by atoms with Gasteiger partial charge in [-0.25, -0.2) is 5.01 Å². The van der Waals surface area contributed by atoms with Crippen molar-refractivity contribution < 1.29 is 9.53 Å². The molecular weight excluding hydrogens is 262 g/mol. The third-order valence-corrected chi connectivity index (χ3v) is 2.99. The van der Waals surface area contributed by atoms with E-state index >= 15 is 0 Å². The number of carbonyl (C=O) groups excluding carboxylic acids is 1. The Balaban J connectivity index is 1.90. The smallest absolute Gasteiger partial charge is 0.185 e. The van der Waals surface area contributed by atoms with Gasteiger partial charge in [0.2, 0.25) is 0 Å². The van der Waals surface area contributed by atoms with Gasteiger partial charge in [0.05, 0.1) is 13.2 Å². The molecule has 1 heterocycles. The summed E-state index contributed by atoms with van der Waals surface area (Å²) < 4.78 is 5.26. The molecule has 102 valence electrons. The average Bonchev–Trinajstić information content (AvgIpc) is 2.40. The van der Waals surface area contributed by atoms with Gasteiger partial charge in [-0.05, 0) is 31.3 Å². The summed E-state index contributed by atoms with van der Waals surface area (Å²) in [6.45, 7) is 4.55. The van der Waals surface area contributed by atoms with Gasteiger partial charge in [-0.3, -0.25) is 10.2 Å². The predicted molar refractivity (Wildman–Crippen MR) is 78.2 cm³/mol. The van der Waals surface area contributed by atoms with E-state index in [4.69, 9.17) is 17.0 Å². The van der Waals surface area contributed by atoms with Crippen LogP contribution in [-0.4, -0.2) is 42.2 Å². The lowest BCUT2D eigenvalue weighted by Gasteiger charge is -2.28. The van der Waals surface area contributed by atoms with Crippen LogP contribution in [0.4, 0.5) is 5.69 Å². The van der Waals surface area contributed by atoms with Crippen molar-refractivity contribution in [2.24, 2.45) is 0 Å². The Morgan fingerprint density at radius 3 is 2.79 bits per heavy atom. The van der Waals surface area contributed by atoms with Crippen molar-refractivity contribution in [3.63, 3.8) is 0 Å². The first-order chi connectivity index (χ1) is 9.15. The first-order valence-corrected chi connectivity index (χ1v) is 6.57. The number of nitrogens with zero attached hydrogens (tertiary/aromatic N) is 1. The SMILES string of the molecule is CC(=O)c1cccc(NC(=S)NN2CCOCC2)c1. The number of hydrogen-bond acceptors (Lipinski definition) is 4. The quantitative estimate of drug-likeness (QED) is 0.645. The van der Waals surface area contributed by atoms with E-state index in [-0.39, 0.29) is 5.78 Å². The highest BCUT2D eigenvalue weighted by atomic mass is 32.1. The fourth-order valence-corrected chi connectivity index (χ4v) is 2.04. The zero-order valence-electron chi connectivity index (χ0n) is 10.8. The molecule has 1 aromatic carbocycles. The van der Waals surface area contributed by atoms with Crippen LogP contribution < -0.4 is 10.7 Å². The van der Waals surface area contributed by atoms with Gasteiger partial charge in [0.15, 0.2) is 10.9 Å². The minimum atomic E-state index is 0.0377. The monoisotopic (exact) mass is 279 g/mol. The number of morpholine rings is 1. The summed E-state index contributed by atoms with van der Waals surface area (Å²) in [5.41, 5.74) is 4.57. The van der Waals surface area contributed by atoms with E-state index in [1.165, 1.54) is 0 Å². The van der Waals surface area contributed by atoms with Crippen molar-refractivity contribution in [2.75, 3.05) is 31.6 Å². The highest BCUT2D eigenvalue weighted by molar-refractivity contribution is 7.80.